The third-order valence-corrected chi connectivity index (χ3v) is 6.99. The Kier molecular flexibility index (Phi) is 6.03. The number of nitrogens with zero attached hydrogens (tertiary/aromatic N) is 5. The Balaban J connectivity index is 1.32. The zero-order valence-corrected chi connectivity index (χ0v) is 21.5. The second-order valence-electron chi connectivity index (χ2n) is 9.86. The number of fused-ring (bicyclic) bond motifs is 2. The lowest BCUT2D eigenvalue weighted by Crippen LogP contribution is -2.43. The number of carbonyl (C=O) groups excluding carboxylic acids is 1. The van der Waals surface area contributed by atoms with E-state index in [1.165, 1.54) is 6.07 Å². The molecule has 0 unspecified atom stereocenters. The van der Waals surface area contributed by atoms with Crippen molar-refractivity contribution in [3.05, 3.63) is 66.1 Å². The van der Waals surface area contributed by atoms with E-state index >= 15 is 4.39 Å². The number of hydrogen-bond donors (Lipinski definition) is 3. The third kappa shape index (κ3) is 4.26. The number of imidazole rings is 1. The van der Waals surface area contributed by atoms with Crippen LogP contribution < -0.4 is 15.5 Å². The maximum atomic E-state index is 15.1. The van der Waals surface area contributed by atoms with E-state index in [2.05, 4.69) is 49.3 Å². The summed E-state index contributed by atoms with van der Waals surface area (Å²) in [4.78, 5) is 31.8. The standard InChI is InChI=1S/C28H29FN8O/c1-16(2)37-17(3)34-26-23(29)10-19(11-24(26)37)22-15-33-27-21(22)13-20(14-32-27)35-28(38)18-4-5-31-25(12-18)36-8-6-30-7-9-36/h4-5,10-16,30H,6-9H2,1-3H3,(H,32,33)(H,35,38). The van der Waals surface area contributed by atoms with Crippen molar-refractivity contribution >= 4 is 39.5 Å². The molecule has 5 aromatic rings. The molecule has 1 aromatic carbocycles. The Labute approximate surface area is 219 Å². The summed E-state index contributed by atoms with van der Waals surface area (Å²) < 4.78 is 17.2. The van der Waals surface area contributed by atoms with Crippen molar-refractivity contribution in [2.24, 2.45) is 0 Å². The molecule has 5 heterocycles. The first kappa shape index (κ1) is 24.1. The predicted octanol–water partition coefficient (Wildman–Crippen LogP) is 4.66. The number of amides is 1. The SMILES string of the molecule is Cc1nc2c(F)cc(-c3c[nH]c4ncc(NC(=O)c5ccnc(N6CCNCC6)c5)cc34)cc2n1C(C)C. The number of piperazine rings is 1. The van der Waals surface area contributed by atoms with Crippen LogP contribution >= 0.6 is 0 Å². The lowest BCUT2D eigenvalue weighted by molar-refractivity contribution is 0.102. The largest absolute Gasteiger partial charge is 0.354 e. The molecule has 0 bridgehead atoms. The molecule has 6 rings (SSSR count). The Hall–Kier alpha value is -4.31. The van der Waals surface area contributed by atoms with Crippen molar-refractivity contribution in [3.63, 3.8) is 0 Å². The molecule has 10 heteroatoms. The molecular formula is C28H29FN8O. The highest BCUT2D eigenvalue weighted by molar-refractivity contribution is 6.06. The molecule has 194 valence electrons. The minimum atomic E-state index is -0.371. The number of aromatic nitrogens is 5. The quantitative estimate of drug-likeness (QED) is 0.316. The highest BCUT2D eigenvalue weighted by Gasteiger charge is 2.18. The van der Waals surface area contributed by atoms with Crippen molar-refractivity contribution in [1.29, 1.82) is 0 Å². The van der Waals surface area contributed by atoms with Crippen LogP contribution in [-0.4, -0.2) is 56.6 Å². The topological polar surface area (TPSA) is 104 Å². The molecule has 4 aromatic heterocycles. The number of H-pyrrole nitrogens is 1. The zero-order valence-electron chi connectivity index (χ0n) is 21.5. The van der Waals surface area contributed by atoms with E-state index in [0.29, 0.717) is 28.0 Å². The van der Waals surface area contributed by atoms with Gasteiger partial charge >= 0.3 is 0 Å². The fourth-order valence-corrected chi connectivity index (χ4v) is 5.22. The number of benzene rings is 1. The summed E-state index contributed by atoms with van der Waals surface area (Å²) in [6.45, 7) is 9.46. The Bertz CT molecular complexity index is 1660. The van der Waals surface area contributed by atoms with Gasteiger partial charge in [-0.1, -0.05) is 0 Å². The summed E-state index contributed by atoms with van der Waals surface area (Å²) in [6.07, 6.45) is 5.08. The van der Waals surface area contributed by atoms with Gasteiger partial charge < -0.3 is 25.1 Å². The van der Waals surface area contributed by atoms with Crippen molar-refractivity contribution in [2.45, 2.75) is 26.8 Å². The maximum Gasteiger partial charge on any atom is 0.255 e. The summed E-state index contributed by atoms with van der Waals surface area (Å²) in [6, 6.07) is 8.97. The highest BCUT2D eigenvalue weighted by atomic mass is 19.1. The van der Waals surface area contributed by atoms with Crippen LogP contribution in [0.4, 0.5) is 15.9 Å². The normalized spacial score (nSPS) is 14.1. The molecule has 9 nitrogen and oxygen atoms in total. The molecule has 3 N–H and O–H groups in total. The van der Waals surface area contributed by atoms with Gasteiger partial charge in [-0.05, 0) is 56.7 Å². The maximum absolute atomic E-state index is 15.1. The van der Waals surface area contributed by atoms with Crippen LogP contribution in [0.15, 0.2) is 48.9 Å². The zero-order chi connectivity index (χ0) is 26.4. The number of rotatable bonds is 5. The molecule has 0 radical (unpaired) electrons. The number of halogens is 1. The molecule has 1 aliphatic heterocycles. The fourth-order valence-electron chi connectivity index (χ4n) is 5.22. The van der Waals surface area contributed by atoms with Crippen molar-refractivity contribution in [1.82, 2.24) is 29.8 Å². The van der Waals surface area contributed by atoms with Crippen LogP contribution in [0.5, 0.6) is 0 Å². The minimum absolute atomic E-state index is 0.140. The van der Waals surface area contributed by atoms with Crippen molar-refractivity contribution in [2.75, 3.05) is 36.4 Å². The van der Waals surface area contributed by atoms with Crippen LogP contribution in [0.3, 0.4) is 0 Å². The van der Waals surface area contributed by atoms with Gasteiger partial charge in [0.2, 0.25) is 0 Å². The van der Waals surface area contributed by atoms with Gasteiger partial charge in [0.25, 0.3) is 5.91 Å². The van der Waals surface area contributed by atoms with Gasteiger partial charge in [-0.2, -0.15) is 0 Å². The number of anilines is 2. The highest BCUT2D eigenvalue weighted by Crippen LogP contribution is 2.34. The molecule has 1 aliphatic rings. The minimum Gasteiger partial charge on any atom is -0.354 e. The molecule has 38 heavy (non-hydrogen) atoms. The second kappa shape index (κ2) is 9.53. The number of aromatic amines is 1. The van der Waals surface area contributed by atoms with Gasteiger partial charge in [0.1, 0.15) is 22.8 Å². The van der Waals surface area contributed by atoms with Gasteiger partial charge in [-0.25, -0.2) is 19.3 Å². The molecule has 0 atom stereocenters. The Morgan fingerprint density at radius 3 is 2.74 bits per heavy atom. The van der Waals surface area contributed by atoms with E-state index in [4.69, 9.17) is 0 Å². The number of aryl methyl sites for hydroxylation is 1. The first-order chi connectivity index (χ1) is 18.4. The number of pyridine rings is 2. The van der Waals surface area contributed by atoms with E-state index in [0.717, 1.165) is 54.3 Å². The van der Waals surface area contributed by atoms with Crippen LogP contribution in [0.2, 0.25) is 0 Å². The van der Waals surface area contributed by atoms with Crippen LogP contribution in [-0.2, 0) is 0 Å². The van der Waals surface area contributed by atoms with Gasteiger partial charge in [0, 0.05) is 61.1 Å². The Morgan fingerprint density at radius 1 is 1.13 bits per heavy atom. The third-order valence-electron chi connectivity index (χ3n) is 6.99. The molecular weight excluding hydrogens is 483 g/mol. The first-order valence-electron chi connectivity index (χ1n) is 12.8. The summed E-state index contributed by atoms with van der Waals surface area (Å²) in [5.74, 6) is 0.942. The lowest BCUT2D eigenvalue weighted by atomic mass is 10.0. The molecule has 0 saturated carbocycles. The lowest BCUT2D eigenvalue weighted by Gasteiger charge is -2.28. The van der Waals surface area contributed by atoms with Crippen LogP contribution in [0.1, 0.15) is 36.1 Å². The van der Waals surface area contributed by atoms with E-state index in [1.54, 1.807) is 18.5 Å². The molecule has 1 saturated heterocycles. The number of nitrogens with one attached hydrogen (secondary N) is 3. The van der Waals surface area contributed by atoms with Crippen LogP contribution in [0, 0.1) is 12.7 Å². The predicted molar refractivity (Wildman–Crippen MR) is 147 cm³/mol. The molecule has 0 spiro atoms. The average Bonchev–Trinajstić information content (AvgIpc) is 3.49. The number of carbonyl (C=O) groups is 1. The van der Waals surface area contributed by atoms with Gasteiger partial charge in [0.15, 0.2) is 5.82 Å². The second-order valence-corrected chi connectivity index (χ2v) is 9.86. The van der Waals surface area contributed by atoms with Gasteiger partial charge in [-0.3, -0.25) is 4.79 Å². The van der Waals surface area contributed by atoms with E-state index < -0.39 is 0 Å². The monoisotopic (exact) mass is 512 g/mol. The number of hydrogen-bond acceptors (Lipinski definition) is 6. The first-order valence-corrected chi connectivity index (χ1v) is 12.8. The average molecular weight is 513 g/mol. The van der Waals surface area contributed by atoms with Crippen molar-refractivity contribution in [3.8, 4) is 11.1 Å². The van der Waals surface area contributed by atoms with E-state index in [-0.39, 0.29) is 17.8 Å². The summed E-state index contributed by atoms with van der Waals surface area (Å²) in [5.41, 5.74) is 4.34. The summed E-state index contributed by atoms with van der Waals surface area (Å²) in [7, 11) is 0. The Morgan fingerprint density at radius 2 is 1.95 bits per heavy atom. The smallest absolute Gasteiger partial charge is 0.255 e. The molecule has 1 fully saturated rings. The van der Waals surface area contributed by atoms with Crippen molar-refractivity contribution < 1.29 is 9.18 Å². The fraction of sp³-hybridized carbons (Fsp3) is 0.286. The molecule has 0 aliphatic carbocycles. The van der Waals surface area contributed by atoms with E-state index in [1.807, 2.05) is 35.9 Å². The van der Waals surface area contributed by atoms with Crippen LogP contribution in [0.25, 0.3) is 33.2 Å². The van der Waals surface area contributed by atoms with Gasteiger partial charge in [0.05, 0.1) is 17.4 Å². The molecule has 1 amide bonds. The summed E-state index contributed by atoms with van der Waals surface area (Å²) >= 11 is 0. The van der Waals surface area contributed by atoms with Gasteiger partial charge in [-0.15, -0.1) is 0 Å². The summed E-state index contributed by atoms with van der Waals surface area (Å²) in [5, 5.41) is 7.06. The van der Waals surface area contributed by atoms with E-state index in [9.17, 15) is 4.79 Å².